The zero-order chi connectivity index (χ0) is 27.3. The summed E-state index contributed by atoms with van der Waals surface area (Å²) in [7, 11) is -0.747. The number of thiophene rings is 1. The van der Waals surface area contributed by atoms with Crippen molar-refractivity contribution < 1.29 is 37.2 Å². The summed E-state index contributed by atoms with van der Waals surface area (Å²) in [5.41, 5.74) is 4.49. The zero-order valence-electron chi connectivity index (χ0n) is 20.9. The normalized spacial score (nSPS) is 16.3. The minimum Gasteiger partial charge on any atom is -0.483 e. The van der Waals surface area contributed by atoms with Gasteiger partial charge in [-0.25, -0.2) is 13.6 Å². The third-order valence-electron chi connectivity index (χ3n) is 6.53. The SMILES string of the molecule is CCOC(=O)c1sc2c(B3OC(C)(C)C(C)(C)O3)ccc(Cl)c2c1COc1c(F)cc(C(N)=O)cc1F. The van der Waals surface area contributed by atoms with Crippen molar-refractivity contribution in [3.63, 3.8) is 0 Å². The highest BCUT2D eigenvalue weighted by atomic mass is 35.5. The molecule has 2 N–H and O–H groups in total. The lowest BCUT2D eigenvalue weighted by Crippen LogP contribution is -2.41. The third kappa shape index (κ3) is 4.93. The van der Waals surface area contributed by atoms with E-state index in [0.29, 0.717) is 26.1 Å². The Balaban J connectivity index is 1.81. The number of amides is 1. The monoisotopic (exact) mass is 551 g/mol. The highest BCUT2D eigenvalue weighted by Crippen LogP contribution is 2.41. The van der Waals surface area contributed by atoms with Gasteiger partial charge >= 0.3 is 13.1 Å². The van der Waals surface area contributed by atoms with Crippen LogP contribution < -0.4 is 15.9 Å². The van der Waals surface area contributed by atoms with Crippen LogP contribution in [0.1, 0.15) is 60.2 Å². The van der Waals surface area contributed by atoms with E-state index in [4.69, 9.17) is 36.1 Å². The van der Waals surface area contributed by atoms with Crippen LogP contribution in [0.5, 0.6) is 5.75 Å². The molecule has 1 aliphatic rings. The quantitative estimate of drug-likeness (QED) is 0.328. The first-order chi connectivity index (χ1) is 17.3. The summed E-state index contributed by atoms with van der Waals surface area (Å²) in [6, 6.07) is 4.95. The van der Waals surface area contributed by atoms with E-state index in [1.54, 1.807) is 19.1 Å². The van der Waals surface area contributed by atoms with Crippen LogP contribution in [0.2, 0.25) is 5.02 Å². The Bertz CT molecular complexity index is 1370. The van der Waals surface area contributed by atoms with E-state index in [1.165, 1.54) is 0 Å². The molecular weight excluding hydrogens is 527 g/mol. The summed E-state index contributed by atoms with van der Waals surface area (Å²) in [5.74, 6) is -4.58. The predicted octanol–water partition coefficient (Wildman–Crippen LogP) is 4.99. The van der Waals surface area contributed by atoms with Gasteiger partial charge in [0.2, 0.25) is 5.91 Å². The molecule has 0 spiro atoms. The molecule has 2 aromatic carbocycles. The Labute approximate surface area is 221 Å². The molecule has 12 heteroatoms. The smallest absolute Gasteiger partial charge is 0.483 e. The number of hydrogen-bond donors (Lipinski definition) is 1. The van der Waals surface area contributed by atoms with Gasteiger partial charge in [-0.2, -0.15) is 0 Å². The van der Waals surface area contributed by atoms with E-state index < -0.39 is 54.2 Å². The van der Waals surface area contributed by atoms with Crippen molar-refractivity contribution in [3.8, 4) is 5.75 Å². The van der Waals surface area contributed by atoms with Crippen molar-refractivity contribution in [3.05, 3.63) is 56.9 Å². The number of carbonyl (C=O) groups excluding carboxylic acids is 2. The van der Waals surface area contributed by atoms with Gasteiger partial charge in [-0.1, -0.05) is 17.7 Å². The lowest BCUT2D eigenvalue weighted by atomic mass is 9.78. The lowest BCUT2D eigenvalue weighted by molar-refractivity contribution is 0.00578. The summed E-state index contributed by atoms with van der Waals surface area (Å²) >= 11 is 7.67. The zero-order valence-corrected chi connectivity index (χ0v) is 22.4. The molecule has 1 amide bonds. The molecule has 1 fully saturated rings. The topological polar surface area (TPSA) is 97.1 Å². The first kappa shape index (κ1) is 27.3. The Morgan fingerprint density at radius 1 is 1.11 bits per heavy atom. The molecule has 0 radical (unpaired) electrons. The number of halogens is 3. The molecule has 2 heterocycles. The second-order valence-electron chi connectivity index (χ2n) is 9.48. The predicted molar refractivity (Wildman–Crippen MR) is 138 cm³/mol. The van der Waals surface area contributed by atoms with Gasteiger partial charge < -0.3 is 24.5 Å². The van der Waals surface area contributed by atoms with Crippen LogP contribution in [0.3, 0.4) is 0 Å². The van der Waals surface area contributed by atoms with Gasteiger partial charge in [0.15, 0.2) is 17.4 Å². The maximum atomic E-state index is 14.6. The molecule has 37 heavy (non-hydrogen) atoms. The van der Waals surface area contributed by atoms with Crippen LogP contribution in [0.4, 0.5) is 8.78 Å². The molecule has 0 aliphatic carbocycles. The number of ether oxygens (including phenoxy) is 2. The maximum Gasteiger partial charge on any atom is 0.496 e. The van der Waals surface area contributed by atoms with E-state index >= 15 is 0 Å². The van der Waals surface area contributed by atoms with Gasteiger partial charge in [0, 0.05) is 31.7 Å². The highest BCUT2D eigenvalue weighted by Gasteiger charge is 2.52. The average Bonchev–Trinajstić information content (AvgIpc) is 3.28. The van der Waals surface area contributed by atoms with Crippen molar-refractivity contribution in [1.29, 1.82) is 0 Å². The van der Waals surface area contributed by atoms with E-state index in [1.807, 2.05) is 27.7 Å². The van der Waals surface area contributed by atoms with Crippen molar-refractivity contribution in [1.82, 2.24) is 0 Å². The molecule has 0 saturated carbocycles. The third-order valence-corrected chi connectivity index (χ3v) is 8.11. The first-order valence-corrected chi connectivity index (χ1v) is 12.6. The van der Waals surface area contributed by atoms with Crippen molar-refractivity contribution in [2.24, 2.45) is 5.73 Å². The summed E-state index contributed by atoms with van der Waals surface area (Å²) in [6.45, 7) is 9.05. The van der Waals surface area contributed by atoms with Gasteiger partial charge in [-0.15, -0.1) is 11.3 Å². The highest BCUT2D eigenvalue weighted by molar-refractivity contribution is 7.22. The number of benzene rings is 2. The fourth-order valence-corrected chi connectivity index (χ4v) is 5.46. The summed E-state index contributed by atoms with van der Waals surface area (Å²) in [6.07, 6.45) is 0. The Kier molecular flexibility index (Phi) is 7.28. The van der Waals surface area contributed by atoms with E-state index in [9.17, 15) is 18.4 Å². The molecule has 196 valence electrons. The number of esters is 1. The van der Waals surface area contributed by atoms with Gasteiger partial charge in [0.05, 0.1) is 17.8 Å². The second-order valence-corrected chi connectivity index (χ2v) is 10.9. The standard InChI is InChI=1S/C25H25BClF2NO6S/c1-6-33-23(32)20-13(11-34-19-16(28)9-12(22(30)31)10-17(19)29)18-15(27)8-7-14(21(18)37-20)26-35-24(2,3)25(4,5)36-26/h7-10H,6,11H2,1-5H3,(H2,30,31). The van der Waals surface area contributed by atoms with Gasteiger partial charge in [-0.05, 0) is 52.8 Å². The number of carbonyl (C=O) groups is 2. The summed E-state index contributed by atoms with van der Waals surface area (Å²) < 4.78 is 52.8. The minimum atomic E-state index is -1.12. The van der Waals surface area contributed by atoms with Crippen LogP contribution in [0.15, 0.2) is 24.3 Å². The van der Waals surface area contributed by atoms with Crippen molar-refractivity contribution in [2.75, 3.05) is 6.61 Å². The Morgan fingerprint density at radius 2 is 1.70 bits per heavy atom. The minimum absolute atomic E-state index is 0.114. The molecule has 0 unspecified atom stereocenters. The molecule has 1 aliphatic heterocycles. The van der Waals surface area contributed by atoms with Crippen LogP contribution in [-0.4, -0.2) is 36.8 Å². The van der Waals surface area contributed by atoms with E-state index in [2.05, 4.69) is 0 Å². The largest absolute Gasteiger partial charge is 0.496 e. The van der Waals surface area contributed by atoms with Gasteiger partial charge in [0.1, 0.15) is 11.5 Å². The van der Waals surface area contributed by atoms with Crippen LogP contribution >= 0.6 is 22.9 Å². The van der Waals surface area contributed by atoms with Crippen molar-refractivity contribution in [2.45, 2.75) is 52.4 Å². The Hall–Kier alpha value is -2.73. The first-order valence-electron chi connectivity index (χ1n) is 11.5. The number of nitrogens with two attached hydrogens (primary N) is 1. The van der Waals surface area contributed by atoms with Gasteiger partial charge in [-0.3, -0.25) is 4.79 Å². The fraction of sp³-hybridized carbons (Fsp3) is 0.360. The van der Waals surface area contributed by atoms with Crippen LogP contribution in [-0.2, 0) is 20.7 Å². The van der Waals surface area contributed by atoms with E-state index in [0.717, 1.165) is 23.5 Å². The van der Waals surface area contributed by atoms with E-state index in [-0.39, 0.29) is 17.0 Å². The lowest BCUT2D eigenvalue weighted by Gasteiger charge is -2.32. The van der Waals surface area contributed by atoms with Crippen LogP contribution in [0.25, 0.3) is 10.1 Å². The molecule has 1 aromatic heterocycles. The number of fused-ring (bicyclic) bond motifs is 1. The molecule has 1 saturated heterocycles. The number of rotatable bonds is 7. The summed E-state index contributed by atoms with van der Waals surface area (Å²) in [4.78, 5) is 24.4. The summed E-state index contributed by atoms with van der Waals surface area (Å²) in [5, 5.41) is 0.752. The maximum absolute atomic E-state index is 14.6. The molecular formula is C25H25BClF2NO6S. The number of primary amides is 1. The second kappa shape index (κ2) is 9.87. The molecule has 7 nitrogen and oxygen atoms in total. The molecule has 0 bridgehead atoms. The fourth-order valence-electron chi connectivity index (χ4n) is 3.88. The van der Waals surface area contributed by atoms with Crippen molar-refractivity contribution >= 4 is 57.5 Å². The van der Waals surface area contributed by atoms with Gasteiger partial charge in [0.25, 0.3) is 0 Å². The van der Waals surface area contributed by atoms with Crippen LogP contribution in [0, 0.1) is 11.6 Å². The molecule has 4 rings (SSSR count). The number of hydrogen-bond acceptors (Lipinski definition) is 7. The molecule has 3 aromatic rings. The average molecular weight is 552 g/mol. The Morgan fingerprint density at radius 3 is 2.24 bits per heavy atom. The molecule has 0 atom stereocenters.